The Morgan fingerprint density at radius 2 is 1.58 bits per heavy atom. The highest BCUT2D eigenvalue weighted by Gasteiger charge is 2.13. The lowest BCUT2D eigenvalue weighted by Gasteiger charge is -2.11. The van der Waals surface area contributed by atoms with E-state index in [1.807, 2.05) is 24.3 Å². The summed E-state index contributed by atoms with van der Waals surface area (Å²) in [6.07, 6.45) is -0.516. The minimum Gasteiger partial charge on any atom is -0.386 e. The Morgan fingerprint density at radius 1 is 1.08 bits per heavy atom. The van der Waals surface area contributed by atoms with E-state index in [-0.39, 0.29) is 3.74 Å². The molecule has 0 bridgehead atoms. The van der Waals surface area contributed by atoms with Gasteiger partial charge in [0, 0.05) is 4.47 Å². The number of rotatable bonds is 2. The van der Waals surface area contributed by atoms with Gasteiger partial charge in [-0.05, 0) is 17.7 Å². The number of hydrogen-bond donors (Lipinski definition) is 1. The van der Waals surface area contributed by atoms with Crippen LogP contribution >= 0.6 is 47.8 Å². The van der Waals surface area contributed by atoms with E-state index in [0.29, 0.717) is 0 Å². The molecule has 0 aromatic heterocycles. The molecule has 0 unspecified atom stereocenters. The van der Waals surface area contributed by atoms with Crippen molar-refractivity contribution in [2.24, 2.45) is 0 Å². The largest absolute Gasteiger partial charge is 0.386 e. The molecule has 1 rings (SSSR count). The molecular formula is C8H7Br3O. The molecule has 1 nitrogen and oxygen atoms in total. The van der Waals surface area contributed by atoms with Crippen LogP contribution in [0, 0.1) is 0 Å². The Morgan fingerprint density at radius 3 is 2.00 bits per heavy atom. The predicted molar refractivity (Wildman–Crippen MR) is 60.7 cm³/mol. The smallest absolute Gasteiger partial charge is 0.101 e. The van der Waals surface area contributed by atoms with Crippen molar-refractivity contribution < 1.29 is 5.11 Å². The minimum atomic E-state index is -0.516. The van der Waals surface area contributed by atoms with Gasteiger partial charge in [-0.15, -0.1) is 0 Å². The van der Waals surface area contributed by atoms with Crippen molar-refractivity contribution in [3.63, 3.8) is 0 Å². The molecule has 0 saturated carbocycles. The minimum absolute atomic E-state index is 0.105. The van der Waals surface area contributed by atoms with E-state index in [2.05, 4.69) is 47.8 Å². The second kappa shape index (κ2) is 4.74. The van der Waals surface area contributed by atoms with E-state index in [1.165, 1.54) is 0 Å². The molecule has 0 aliphatic rings. The van der Waals surface area contributed by atoms with Gasteiger partial charge in [-0.1, -0.05) is 59.9 Å². The van der Waals surface area contributed by atoms with Gasteiger partial charge in [-0.2, -0.15) is 0 Å². The van der Waals surface area contributed by atoms with Crippen LogP contribution in [0.15, 0.2) is 28.7 Å². The zero-order valence-corrected chi connectivity index (χ0v) is 10.8. The van der Waals surface area contributed by atoms with E-state index in [1.54, 1.807) is 0 Å². The molecule has 1 atom stereocenters. The fourth-order valence-corrected chi connectivity index (χ4v) is 1.68. The highest BCUT2D eigenvalue weighted by Crippen LogP contribution is 2.27. The molecule has 0 saturated heterocycles. The highest BCUT2D eigenvalue weighted by molar-refractivity contribution is 9.24. The molecule has 1 aromatic carbocycles. The van der Waals surface area contributed by atoms with Gasteiger partial charge in [0.25, 0.3) is 0 Å². The lowest BCUT2D eigenvalue weighted by atomic mass is 10.1. The molecule has 0 amide bonds. The molecular weight excluding hydrogens is 352 g/mol. The van der Waals surface area contributed by atoms with Gasteiger partial charge in [0.05, 0.1) is 3.74 Å². The SMILES string of the molecule is O[C@@H](c1ccc(Br)cc1)C(Br)Br. The number of alkyl halides is 2. The first-order chi connectivity index (χ1) is 5.61. The van der Waals surface area contributed by atoms with Crippen molar-refractivity contribution in [3.8, 4) is 0 Å². The van der Waals surface area contributed by atoms with Crippen molar-refractivity contribution in [1.82, 2.24) is 0 Å². The Balaban J connectivity index is 2.82. The fraction of sp³-hybridized carbons (Fsp3) is 0.250. The monoisotopic (exact) mass is 356 g/mol. The van der Waals surface area contributed by atoms with Crippen LogP contribution in [-0.4, -0.2) is 8.84 Å². The van der Waals surface area contributed by atoms with Crippen LogP contribution in [-0.2, 0) is 0 Å². The van der Waals surface area contributed by atoms with E-state index < -0.39 is 6.10 Å². The second-order valence-corrected chi connectivity index (χ2v) is 6.45. The van der Waals surface area contributed by atoms with E-state index in [0.717, 1.165) is 10.0 Å². The second-order valence-electron chi connectivity index (χ2n) is 2.33. The first-order valence-electron chi connectivity index (χ1n) is 3.33. The summed E-state index contributed by atoms with van der Waals surface area (Å²) >= 11 is 9.83. The van der Waals surface area contributed by atoms with Gasteiger partial charge in [-0.3, -0.25) is 0 Å². The quantitative estimate of drug-likeness (QED) is 0.801. The van der Waals surface area contributed by atoms with Crippen molar-refractivity contribution in [2.45, 2.75) is 9.84 Å². The molecule has 66 valence electrons. The Kier molecular flexibility index (Phi) is 4.23. The molecule has 0 aliphatic heterocycles. The summed E-state index contributed by atoms with van der Waals surface area (Å²) in [5, 5.41) is 9.58. The van der Waals surface area contributed by atoms with E-state index in [4.69, 9.17) is 0 Å². The van der Waals surface area contributed by atoms with Crippen molar-refractivity contribution in [1.29, 1.82) is 0 Å². The molecule has 1 aromatic rings. The number of aliphatic hydroxyl groups is 1. The van der Waals surface area contributed by atoms with Gasteiger partial charge in [0.15, 0.2) is 0 Å². The lowest BCUT2D eigenvalue weighted by Crippen LogP contribution is -2.04. The van der Waals surface area contributed by atoms with Gasteiger partial charge >= 0.3 is 0 Å². The maximum Gasteiger partial charge on any atom is 0.101 e. The van der Waals surface area contributed by atoms with E-state index >= 15 is 0 Å². The van der Waals surface area contributed by atoms with Crippen LogP contribution in [0.4, 0.5) is 0 Å². The van der Waals surface area contributed by atoms with Crippen molar-refractivity contribution >= 4 is 47.8 Å². The zero-order chi connectivity index (χ0) is 9.14. The van der Waals surface area contributed by atoms with Gasteiger partial charge in [-0.25, -0.2) is 0 Å². The molecule has 0 heterocycles. The Labute approximate surface area is 96.6 Å². The maximum absolute atomic E-state index is 9.58. The number of hydrogen-bond acceptors (Lipinski definition) is 1. The Bertz CT molecular complexity index is 245. The van der Waals surface area contributed by atoms with Gasteiger partial charge < -0.3 is 5.11 Å². The summed E-state index contributed by atoms with van der Waals surface area (Å²) in [4.78, 5) is 0. The third-order valence-corrected chi connectivity index (χ3v) is 2.98. The molecule has 12 heavy (non-hydrogen) atoms. The molecule has 0 radical (unpaired) electrons. The van der Waals surface area contributed by atoms with Crippen LogP contribution in [0.3, 0.4) is 0 Å². The Hall–Kier alpha value is 0.620. The summed E-state index contributed by atoms with van der Waals surface area (Å²) < 4.78 is 0.908. The fourth-order valence-electron chi connectivity index (χ4n) is 0.805. The maximum atomic E-state index is 9.58. The standard InChI is InChI=1S/C8H7Br3O/c9-6-3-1-5(2-4-6)7(12)8(10)11/h1-4,7-8,12H/t7-/m0/s1. The van der Waals surface area contributed by atoms with Crippen LogP contribution in [0.1, 0.15) is 11.7 Å². The first-order valence-corrected chi connectivity index (χ1v) is 5.95. The first kappa shape index (κ1) is 10.7. The van der Waals surface area contributed by atoms with Gasteiger partial charge in [0.2, 0.25) is 0 Å². The van der Waals surface area contributed by atoms with Crippen molar-refractivity contribution in [3.05, 3.63) is 34.3 Å². The third kappa shape index (κ3) is 2.83. The van der Waals surface area contributed by atoms with E-state index in [9.17, 15) is 5.11 Å². The molecule has 0 spiro atoms. The van der Waals surface area contributed by atoms with Gasteiger partial charge in [0.1, 0.15) is 6.10 Å². The number of benzene rings is 1. The molecule has 1 N–H and O–H groups in total. The summed E-state index contributed by atoms with van der Waals surface area (Å²) in [5.74, 6) is 0. The number of aliphatic hydroxyl groups excluding tert-OH is 1. The lowest BCUT2D eigenvalue weighted by molar-refractivity contribution is 0.199. The summed E-state index contributed by atoms with van der Waals surface area (Å²) in [6, 6.07) is 7.57. The average molecular weight is 359 g/mol. The number of halogens is 3. The topological polar surface area (TPSA) is 20.2 Å². The van der Waals surface area contributed by atoms with Crippen LogP contribution < -0.4 is 0 Å². The molecule has 0 aliphatic carbocycles. The van der Waals surface area contributed by atoms with Crippen LogP contribution in [0.5, 0.6) is 0 Å². The summed E-state index contributed by atoms with van der Waals surface area (Å²) in [7, 11) is 0. The zero-order valence-electron chi connectivity index (χ0n) is 6.05. The molecule has 4 heteroatoms. The normalized spacial score (nSPS) is 13.4. The summed E-state index contributed by atoms with van der Waals surface area (Å²) in [6.45, 7) is 0. The van der Waals surface area contributed by atoms with Crippen LogP contribution in [0.25, 0.3) is 0 Å². The third-order valence-electron chi connectivity index (χ3n) is 1.45. The highest BCUT2D eigenvalue weighted by atomic mass is 79.9. The predicted octanol–water partition coefficient (Wildman–Crippen LogP) is 3.60. The van der Waals surface area contributed by atoms with Crippen LogP contribution in [0.2, 0.25) is 0 Å². The molecule has 0 fully saturated rings. The van der Waals surface area contributed by atoms with Crippen molar-refractivity contribution in [2.75, 3.05) is 0 Å². The summed E-state index contributed by atoms with van der Waals surface area (Å²) in [5.41, 5.74) is 0.886. The average Bonchev–Trinajstić information content (AvgIpc) is 2.04.